The van der Waals surface area contributed by atoms with Gasteiger partial charge < -0.3 is 9.67 Å². The van der Waals surface area contributed by atoms with Crippen LogP contribution in [0.25, 0.3) is 6.20 Å². The molecule has 0 saturated heterocycles. The third kappa shape index (κ3) is 3.09. The number of hydrogen-bond acceptors (Lipinski definition) is 2. The number of nitrogens with zero attached hydrogens (tertiary/aromatic N) is 2. The van der Waals surface area contributed by atoms with Gasteiger partial charge in [0.25, 0.3) is 0 Å². The van der Waals surface area contributed by atoms with E-state index in [-0.39, 0.29) is 12.4 Å². The third-order valence-corrected chi connectivity index (χ3v) is 2.08. The smallest absolute Gasteiger partial charge is 0.314 e. The van der Waals surface area contributed by atoms with Gasteiger partial charge in [0, 0.05) is 18.6 Å². The number of rotatable bonds is 5. The molecule has 0 aliphatic rings. The van der Waals surface area contributed by atoms with Gasteiger partial charge in [-0.05, 0) is 6.42 Å². The Hall–Kier alpha value is -1.29. The van der Waals surface area contributed by atoms with E-state index in [2.05, 4.69) is 11.6 Å². The summed E-state index contributed by atoms with van der Waals surface area (Å²) in [6.45, 7) is 5.55. The molecule has 1 aromatic rings. The van der Waals surface area contributed by atoms with E-state index in [0.717, 1.165) is 6.42 Å². The zero-order valence-corrected chi connectivity index (χ0v) is 9.41. The fourth-order valence-corrected chi connectivity index (χ4v) is 1.40. The van der Waals surface area contributed by atoms with Gasteiger partial charge >= 0.3 is 5.97 Å². The fraction of sp³-hybridized carbons (Fsp3) is 0.400. The summed E-state index contributed by atoms with van der Waals surface area (Å²) in [7, 11) is 0. The highest BCUT2D eigenvalue weighted by molar-refractivity contribution is 5.85. The number of carboxylic acids is 1. The maximum Gasteiger partial charge on any atom is 0.314 e. The van der Waals surface area contributed by atoms with Crippen LogP contribution in [-0.2, 0) is 4.79 Å². The van der Waals surface area contributed by atoms with Crippen LogP contribution in [0.1, 0.15) is 31.5 Å². The molecule has 0 radical (unpaired) electrons. The first-order valence-electron chi connectivity index (χ1n) is 4.58. The molecule has 0 aliphatic carbocycles. The first-order valence-corrected chi connectivity index (χ1v) is 4.58. The van der Waals surface area contributed by atoms with Gasteiger partial charge in [0.05, 0.1) is 0 Å². The highest BCUT2D eigenvalue weighted by Gasteiger charge is 2.22. The van der Waals surface area contributed by atoms with Crippen LogP contribution in [0.2, 0.25) is 0 Å². The molecule has 1 N–H and O–H groups in total. The Balaban J connectivity index is 0.00000196. The van der Waals surface area contributed by atoms with Crippen molar-refractivity contribution in [1.29, 1.82) is 0 Å². The van der Waals surface area contributed by atoms with Crippen LogP contribution in [-0.4, -0.2) is 20.6 Å². The molecule has 1 heterocycles. The molecule has 1 rings (SSSR count). The highest BCUT2D eigenvalue weighted by Crippen LogP contribution is 2.19. The van der Waals surface area contributed by atoms with E-state index in [1.54, 1.807) is 23.2 Å². The van der Waals surface area contributed by atoms with Crippen LogP contribution in [0.15, 0.2) is 19.0 Å². The predicted molar refractivity (Wildman–Crippen MR) is 61.1 cm³/mol. The van der Waals surface area contributed by atoms with Gasteiger partial charge in [0.1, 0.15) is 11.7 Å². The maximum atomic E-state index is 11.0. The molecule has 1 aromatic heterocycles. The predicted octanol–water partition coefficient (Wildman–Crippen LogP) is 2.37. The van der Waals surface area contributed by atoms with E-state index in [0.29, 0.717) is 12.2 Å². The molecule has 15 heavy (non-hydrogen) atoms. The summed E-state index contributed by atoms with van der Waals surface area (Å²) in [5, 5.41) is 9.01. The number of halogens is 1. The fourth-order valence-electron chi connectivity index (χ4n) is 1.40. The maximum absolute atomic E-state index is 11.0. The van der Waals surface area contributed by atoms with Crippen molar-refractivity contribution in [3.05, 3.63) is 24.8 Å². The molecule has 0 aromatic carbocycles. The summed E-state index contributed by atoms with van der Waals surface area (Å²) in [6, 6.07) is 0. The first kappa shape index (κ1) is 13.7. The topological polar surface area (TPSA) is 55.1 Å². The number of aromatic nitrogens is 2. The van der Waals surface area contributed by atoms with Crippen molar-refractivity contribution >= 4 is 24.6 Å². The summed E-state index contributed by atoms with van der Waals surface area (Å²) >= 11 is 0. The number of imidazole rings is 1. The van der Waals surface area contributed by atoms with Gasteiger partial charge in [-0.2, -0.15) is 0 Å². The molecule has 5 heteroatoms. The van der Waals surface area contributed by atoms with E-state index >= 15 is 0 Å². The Morgan fingerprint density at radius 2 is 2.47 bits per heavy atom. The largest absolute Gasteiger partial charge is 0.481 e. The molecule has 1 unspecified atom stereocenters. The lowest BCUT2D eigenvalue weighted by Gasteiger charge is -2.10. The van der Waals surface area contributed by atoms with Gasteiger partial charge in [0.2, 0.25) is 0 Å². The third-order valence-electron chi connectivity index (χ3n) is 2.08. The average molecular weight is 231 g/mol. The molecule has 0 spiro atoms. The van der Waals surface area contributed by atoms with Crippen molar-refractivity contribution < 1.29 is 9.90 Å². The molecule has 0 saturated carbocycles. The Bertz CT molecular complexity index is 336. The molecular weight excluding hydrogens is 216 g/mol. The summed E-state index contributed by atoms with van der Waals surface area (Å²) in [5.41, 5.74) is 0. The number of aliphatic carboxylic acids is 1. The van der Waals surface area contributed by atoms with Crippen LogP contribution >= 0.6 is 12.4 Å². The van der Waals surface area contributed by atoms with Crippen LogP contribution in [0.4, 0.5) is 0 Å². The second kappa shape index (κ2) is 6.24. The van der Waals surface area contributed by atoms with E-state index in [4.69, 9.17) is 5.11 Å². The van der Waals surface area contributed by atoms with E-state index < -0.39 is 11.9 Å². The molecule has 84 valence electrons. The van der Waals surface area contributed by atoms with Crippen molar-refractivity contribution in [3.8, 4) is 0 Å². The highest BCUT2D eigenvalue weighted by atomic mass is 35.5. The molecule has 0 amide bonds. The molecule has 4 nitrogen and oxygen atoms in total. The quantitative estimate of drug-likeness (QED) is 0.845. The van der Waals surface area contributed by atoms with Crippen LogP contribution in [0.5, 0.6) is 0 Å². The van der Waals surface area contributed by atoms with E-state index in [1.807, 2.05) is 6.92 Å². The lowest BCUT2D eigenvalue weighted by molar-refractivity contribution is -0.139. The number of carbonyl (C=O) groups is 1. The van der Waals surface area contributed by atoms with Crippen LogP contribution in [0.3, 0.4) is 0 Å². The minimum atomic E-state index is -0.832. The van der Waals surface area contributed by atoms with Crippen molar-refractivity contribution in [2.45, 2.75) is 25.7 Å². The van der Waals surface area contributed by atoms with Crippen LogP contribution < -0.4 is 0 Å². The van der Waals surface area contributed by atoms with Gasteiger partial charge in [0.15, 0.2) is 0 Å². The van der Waals surface area contributed by atoms with Gasteiger partial charge in [-0.3, -0.25) is 4.79 Å². The van der Waals surface area contributed by atoms with Crippen molar-refractivity contribution in [3.63, 3.8) is 0 Å². The van der Waals surface area contributed by atoms with E-state index in [9.17, 15) is 4.79 Å². The van der Waals surface area contributed by atoms with Gasteiger partial charge in [-0.1, -0.05) is 19.9 Å². The van der Waals surface area contributed by atoms with Gasteiger partial charge in [-0.25, -0.2) is 4.98 Å². The summed E-state index contributed by atoms with van der Waals surface area (Å²) in [6.07, 6.45) is 6.27. The number of carboxylic acid groups (broad SMARTS) is 1. The minimum absolute atomic E-state index is 0. The normalized spacial score (nSPS) is 11.5. The second-order valence-electron chi connectivity index (χ2n) is 3.05. The number of hydrogen-bond donors (Lipinski definition) is 1. The second-order valence-corrected chi connectivity index (χ2v) is 3.05. The van der Waals surface area contributed by atoms with Crippen molar-refractivity contribution in [2.24, 2.45) is 0 Å². The van der Waals surface area contributed by atoms with Crippen molar-refractivity contribution in [2.75, 3.05) is 0 Å². The lowest BCUT2D eigenvalue weighted by Crippen LogP contribution is -2.15. The summed E-state index contributed by atoms with van der Waals surface area (Å²) < 4.78 is 1.65. The zero-order valence-electron chi connectivity index (χ0n) is 8.59. The average Bonchev–Trinajstić information content (AvgIpc) is 2.61. The SMILES string of the molecule is C=Cn1ccnc1C(CCC)C(=O)O.Cl. The lowest BCUT2D eigenvalue weighted by atomic mass is 10.0. The first-order chi connectivity index (χ1) is 6.70. The Morgan fingerprint density at radius 1 is 1.80 bits per heavy atom. The molecule has 0 aliphatic heterocycles. The molecule has 0 bridgehead atoms. The van der Waals surface area contributed by atoms with Gasteiger partial charge in [-0.15, -0.1) is 12.4 Å². The Morgan fingerprint density at radius 3 is 2.93 bits per heavy atom. The summed E-state index contributed by atoms with van der Waals surface area (Å²) in [4.78, 5) is 15.0. The minimum Gasteiger partial charge on any atom is -0.481 e. The zero-order chi connectivity index (χ0) is 10.6. The molecule has 0 fully saturated rings. The van der Waals surface area contributed by atoms with Crippen LogP contribution in [0, 0.1) is 0 Å². The molecular formula is C10H15ClN2O2. The summed E-state index contributed by atoms with van der Waals surface area (Å²) in [5.74, 6) is -0.816. The Kier molecular flexibility index (Phi) is 5.70. The molecule has 1 atom stereocenters. The van der Waals surface area contributed by atoms with E-state index in [1.165, 1.54) is 0 Å². The monoisotopic (exact) mass is 230 g/mol. The Labute approximate surface area is 95.0 Å². The van der Waals surface area contributed by atoms with Crippen molar-refractivity contribution in [1.82, 2.24) is 9.55 Å². The standard InChI is InChI=1S/C10H14N2O2.ClH/c1-3-5-8(10(13)14)9-11-6-7-12(9)4-2;/h4,6-8H,2-3,5H2,1H3,(H,13,14);1H.